The molecule has 0 atom stereocenters. The maximum Gasteiger partial charge on any atom is 0.273 e. The highest BCUT2D eigenvalue weighted by atomic mass is 35.5. The summed E-state index contributed by atoms with van der Waals surface area (Å²) in [7, 11) is 0. The van der Waals surface area contributed by atoms with Crippen LogP contribution in [0.25, 0.3) is 5.69 Å². The second-order valence-electron chi connectivity index (χ2n) is 9.34. The number of halogens is 2. The first kappa shape index (κ1) is 28.6. The zero-order valence-electron chi connectivity index (χ0n) is 21.8. The van der Waals surface area contributed by atoms with Crippen molar-refractivity contribution in [2.45, 2.75) is 31.5 Å². The van der Waals surface area contributed by atoms with Gasteiger partial charge in [-0.1, -0.05) is 59.2 Å². The second kappa shape index (κ2) is 12.3. The van der Waals surface area contributed by atoms with Gasteiger partial charge in [0.2, 0.25) is 5.91 Å². The van der Waals surface area contributed by atoms with Crippen molar-refractivity contribution in [3.05, 3.63) is 103 Å². The van der Waals surface area contributed by atoms with Gasteiger partial charge in [-0.15, -0.1) is 10.2 Å². The number of amides is 2. The van der Waals surface area contributed by atoms with Crippen molar-refractivity contribution >= 4 is 58.2 Å². The Morgan fingerprint density at radius 2 is 1.88 bits per heavy atom. The van der Waals surface area contributed by atoms with Crippen molar-refractivity contribution in [2.24, 2.45) is 0 Å². The average Bonchev–Trinajstić information content (AvgIpc) is 3.38. The van der Waals surface area contributed by atoms with Crippen molar-refractivity contribution in [3.8, 4) is 5.69 Å². The molecule has 10 nitrogen and oxygen atoms in total. The van der Waals surface area contributed by atoms with Crippen LogP contribution in [0.4, 0.5) is 11.4 Å². The Labute approximate surface area is 249 Å². The Bertz CT molecular complexity index is 1660. The fraction of sp³-hybridized carbons (Fsp3) is 0.214. The lowest BCUT2D eigenvalue weighted by atomic mass is 10.0. The number of carbonyl (C=O) groups is 2. The fourth-order valence-electron chi connectivity index (χ4n) is 4.60. The van der Waals surface area contributed by atoms with Crippen LogP contribution in [-0.2, 0) is 17.8 Å². The first-order valence-electron chi connectivity index (χ1n) is 12.7. The molecule has 1 N–H and O–H groups in total. The molecule has 41 heavy (non-hydrogen) atoms. The highest BCUT2D eigenvalue weighted by Gasteiger charge is 2.24. The van der Waals surface area contributed by atoms with Crippen LogP contribution < -0.4 is 10.2 Å². The van der Waals surface area contributed by atoms with Crippen molar-refractivity contribution in [3.63, 3.8) is 0 Å². The minimum absolute atomic E-state index is 0.0399. The fourth-order valence-corrected chi connectivity index (χ4v) is 5.74. The number of fused-ring (bicyclic) bond motifs is 1. The number of rotatable bonds is 8. The number of nitro benzene ring substituents is 1. The van der Waals surface area contributed by atoms with Gasteiger partial charge in [0, 0.05) is 29.4 Å². The number of benzene rings is 3. The monoisotopic (exact) mass is 610 g/mol. The molecule has 1 aliphatic rings. The van der Waals surface area contributed by atoms with Crippen LogP contribution in [-0.4, -0.2) is 43.8 Å². The van der Waals surface area contributed by atoms with E-state index >= 15 is 0 Å². The number of nitro groups is 1. The van der Waals surface area contributed by atoms with E-state index in [9.17, 15) is 19.7 Å². The number of nitrogens with one attached hydrogen (secondary N) is 1. The topological polar surface area (TPSA) is 123 Å². The van der Waals surface area contributed by atoms with E-state index in [1.165, 1.54) is 30.0 Å². The summed E-state index contributed by atoms with van der Waals surface area (Å²) in [5.41, 5.74) is 3.12. The number of hydrogen-bond acceptors (Lipinski definition) is 7. The number of thioether (sulfide) groups is 1. The summed E-state index contributed by atoms with van der Waals surface area (Å²) < 4.78 is 1.70. The van der Waals surface area contributed by atoms with E-state index in [2.05, 4.69) is 15.5 Å². The molecule has 2 heterocycles. The lowest BCUT2D eigenvalue weighted by Gasteiger charge is -2.29. The van der Waals surface area contributed by atoms with Gasteiger partial charge in [0.25, 0.3) is 11.6 Å². The standard InChI is InChI=1S/C28H24Cl2N6O4S/c1-17-8-9-19(13-24(17)36(39)40)27(38)31-15-25-32-33-28(35(25)20-10-11-21(29)22(30)14-20)41-16-26(37)34-12-4-6-18-5-2-3-7-23(18)34/h2-3,5,7-11,13-14H,4,6,12,15-16H2,1H3,(H,31,38). The van der Waals surface area contributed by atoms with Gasteiger partial charge >= 0.3 is 0 Å². The predicted octanol–water partition coefficient (Wildman–Crippen LogP) is 5.79. The Morgan fingerprint density at radius 3 is 2.66 bits per heavy atom. The van der Waals surface area contributed by atoms with Crippen LogP contribution in [0.5, 0.6) is 0 Å². The molecule has 0 fully saturated rings. The normalized spacial score (nSPS) is 12.6. The summed E-state index contributed by atoms with van der Waals surface area (Å²) in [6.07, 6.45) is 1.82. The van der Waals surface area contributed by atoms with Gasteiger partial charge in [-0.05, 0) is 55.7 Å². The summed E-state index contributed by atoms with van der Waals surface area (Å²) >= 11 is 13.7. The quantitative estimate of drug-likeness (QED) is 0.152. The average molecular weight is 612 g/mol. The van der Waals surface area contributed by atoms with Crippen LogP contribution in [0.15, 0.2) is 65.8 Å². The molecule has 4 aromatic rings. The molecule has 0 unspecified atom stereocenters. The van der Waals surface area contributed by atoms with E-state index in [-0.39, 0.29) is 29.5 Å². The minimum atomic E-state index is -0.527. The van der Waals surface area contributed by atoms with Crippen LogP contribution >= 0.6 is 35.0 Å². The Balaban J connectivity index is 1.37. The van der Waals surface area contributed by atoms with Crippen molar-refractivity contribution in [2.75, 3.05) is 17.2 Å². The van der Waals surface area contributed by atoms with E-state index in [1.54, 1.807) is 34.6 Å². The van der Waals surface area contributed by atoms with Gasteiger partial charge in [0.1, 0.15) is 0 Å². The predicted molar refractivity (Wildman–Crippen MR) is 158 cm³/mol. The maximum absolute atomic E-state index is 13.3. The number of aromatic nitrogens is 3. The molecule has 0 bridgehead atoms. The summed E-state index contributed by atoms with van der Waals surface area (Å²) in [5, 5.41) is 23.7. The molecule has 3 aromatic carbocycles. The molecule has 13 heteroatoms. The van der Waals surface area contributed by atoms with E-state index in [1.807, 2.05) is 24.3 Å². The summed E-state index contributed by atoms with van der Waals surface area (Å²) in [6.45, 7) is 2.21. The first-order chi connectivity index (χ1) is 19.7. The van der Waals surface area contributed by atoms with E-state index in [0.29, 0.717) is 38.8 Å². The zero-order chi connectivity index (χ0) is 29.1. The highest BCUT2D eigenvalue weighted by Crippen LogP contribution is 2.30. The van der Waals surface area contributed by atoms with Crippen molar-refractivity contribution in [1.82, 2.24) is 20.1 Å². The van der Waals surface area contributed by atoms with Crippen LogP contribution in [0.1, 0.15) is 33.7 Å². The number of nitrogens with zero attached hydrogens (tertiary/aromatic N) is 5. The Hall–Kier alpha value is -3.93. The van der Waals surface area contributed by atoms with Crippen LogP contribution in [0, 0.1) is 17.0 Å². The highest BCUT2D eigenvalue weighted by molar-refractivity contribution is 7.99. The van der Waals surface area contributed by atoms with Gasteiger partial charge in [0.15, 0.2) is 11.0 Å². The molecule has 1 aliphatic heterocycles. The Morgan fingerprint density at radius 1 is 1.07 bits per heavy atom. The Kier molecular flexibility index (Phi) is 8.57. The molecule has 0 radical (unpaired) electrons. The van der Waals surface area contributed by atoms with Gasteiger partial charge < -0.3 is 10.2 Å². The third-order valence-corrected chi connectivity index (χ3v) is 8.33. The van der Waals surface area contributed by atoms with Crippen molar-refractivity contribution < 1.29 is 14.5 Å². The zero-order valence-corrected chi connectivity index (χ0v) is 24.2. The minimum Gasteiger partial charge on any atom is -0.345 e. The third-order valence-electron chi connectivity index (χ3n) is 6.67. The van der Waals surface area contributed by atoms with Crippen molar-refractivity contribution in [1.29, 1.82) is 0 Å². The molecule has 5 rings (SSSR count). The van der Waals surface area contributed by atoms with Gasteiger partial charge in [-0.25, -0.2) is 0 Å². The molecule has 0 saturated carbocycles. The maximum atomic E-state index is 13.3. The number of aryl methyl sites for hydroxylation is 2. The second-order valence-corrected chi connectivity index (χ2v) is 11.1. The number of hydrogen-bond donors (Lipinski definition) is 1. The van der Waals surface area contributed by atoms with E-state index < -0.39 is 10.8 Å². The molecule has 210 valence electrons. The molecule has 1 aromatic heterocycles. The lowest BCUT2D eigenvalue weighted by molar-refractivity contribution is -0.385. The largest absolute Gasteiger partial charge is 0.345 e. The van der Waals surface area contributed by atoms with E-state index in [4.69, 9.17) is 23.2 Å². The summed E-state index contributed by atoms with van der Waals surface area (Å²) in [5.74, 6) is -0.0732. The molecule has 2 amide bonds. The third kappa shape index (κ3) is 6.22. The van der Waals surface area contributed by atoms with E-state index in [0.717, 1.165) is 24.1 Å². The molecule has 0 saturated heterocycles. The number of anilines is 1. The number of carbonyl (C=O) groups excluding carboxylic acids is 2. The van der Waals surface area contributed by atoms with Gasteiger partial charge in [-0.3, -0.25) is 24.3 Å². The van der Waals surface area contributed by atoms with Gasteiger partial charge in [-0.2, -0.15) is 0 Å². The molecule has 0 spiro atoms. The lowest BCUT2D eigenvalue weighted by Crippen LogP contribution is -2.36. The van der Waals surface area contributed by atoms with Gasteiger partial charge in [0.05, 0.1) is 33.0 Å². The number of para-hydroxylation sites is 1. The molecular formula is C28H24Cl2N6O4S. The smallest absolute Gasteiger partial charge is 0.273 e. The summed E-state index contributed by atoms with van der Waals surface area (Å²) in [6, 6.07) is 17.2. The van der Waals surface area contributed by atoms with Crippen LogP contribution in [0.2, 0.25) is 10.0 Å². The first-order valence-corrected chi connectivity index (χ1v) is 14.4. The van der Waals surface area contributed by atoms with Crippen LogP contribution in [0.3, 0.4) is 0 Å². The SMILES string of the molecule is Cc1ccc(C(=O)NCc2nnc(SCC(=O)N3CCCc4ccccc43)n2-c2ccc(Cl)c(Cl)c2)cc1[N+](=O)[O-]. The molecular weight excluding hydrogens is 587 g/mol. The molecule has 0 aliphatic carbocycles. The summed E-state index contributed by atoms with van der Waals surface area (Å²) in [4.78, 5) is 38.7.